The maximum Gasteiger partial charge on any atom is 0.327 e. The molecule has 0 saturated heterocycles. The van der Waals surface area contributed by atoms with Crippen molar-refractivity contribution in [1.29, 1.82) is 0 Å². The van der Waals surface area contributed by atoms with E-state index in [2.05, 4.69) is 34.3 Å². The van der Waals surface area contributed by atoms with Crippen molar-refractivity contribution in [3.63, 3.8) is 0 Å². The summed E-state index contributed by atoms with van der Waals surface area (Å²) in [5.74, 6) is 0.427. The molecule has 4 nitrogen and oxygen atoms in total. The molecule has 0 spiro atoms. The highest BCUT2D eigenvalue weighted by molar-refractivity contribution is 5.78. The quantitative estimate of drug-likeness (QED) is 0.290. The molecule has 0 saturated carbocycles. The summed E-state index contributed by atoms with van der Waals surface area (Å²) in [6.45, 7) is 14.4. The number of esters is 1. The number of hydrogen-bond acceptors (Lipinski definition) is 3. The number of hydrogen-bond donors (Lipinski definition) is 1. The van der Waals surface area contributed by atoms with Crippen LogP contribution in [0.5, 0.6) is 0 Å². The maximum atomic E-state index is 11.7. The summed E-state index contributed by atoms with van der Waals surface area (Å²) in [5.41, 5.74) is 0. The number of carbonyl (C=O) groups excluding carboxylic acids is 1. The van der Waals surface area contributed by atoms with Crippen LogP contribution in [0.4, 0.5) is 0 Å². The summed E-state index contributed by atoms with van der Waals surface area (Å²) in [5, 5.41) is 7.60. The van der Waals surface area contributed by atoms with Crippen molar-refractivity contribution < 1.29 is 19.4 Å². The zero-order valence-corrected chi connectivity index (χ0v) is 16.3. The van der Waals surface area contributed by atoms with Gasteiger partial charge < -0.3 is 9.84 Å². The molecule has 4 heteroatoms. The summed E-state index contributed by atoms with van der Waals surface area (Å²) in [6, 6.07) is 0. The normalized spacial score (nSPS) is 11.6. The Morgan fingerprint density at radius 2 is 1.46 bits per heavy atom. The second-order valence-electron chi connectivity index (χ2n) is 7.19. The summed E-state index contributed by atoms with van der Waals surface area (Å²) >= 11 is 0. The van der Waals surface area contributed by atoms with Crippen molar-refractivity contribution in [2.24, 2.45) is 17.8 Å². The van der Waals surface area contributed by atoms with Crippen molar-refractivity contribution in [1.82, 2.24) is 0 Å². The van der Waals surface area contributed by atoms with Crippen LogP contribution >= 0.6 is 0 Å². The molecule has 0 aromatic carbocycles. The molecule has 0 aliphatic heterocycles. The van der Waals surface area contributed by atoms with Gasteiger partial charge in [-0.2, -0.15) is 0 Å². The van der Waals surface area contributed by atoms with Crippen molar-refractivity contribution >= 4 is 11.9 Å². The molecule has 0 aromatic rings. The standard InChI is InChI=1S/C17H34O2.C3H4O2/c1-14(2)11-9-7-6-8-10-12-19-17(18)16(5)13-15(3)4;1-2-3(4)5/h14-16H,6-13H2,1-5H3;2H,1H2,(H,4,5). The first-order valence-electron chi connectivity index (χ1n) is 9.22. The zero-order valence-electron chi connectivity index (χ0n) is 16.3. The number of carbonyl (C=O) groups is 2. The maximum absolute atomic E-state index is 11.7. The zero-order chi connectivity index (χ0) is 19.0. The minimum absolute atomic E-state index is 0.0199. The fourth-order valence-electron chi connectivity index (χ4n) is 2.30. The first kappa shape index (κ1) is 24.9. The number of carboxylic acids is 1. The van der Waals surface area contributed by atoms with E-state index in [1.54, 1.807) is 0 Å². The van der Waals surface area contributed by atoms with Gasteiger partial charge in [-0.05, 0) is 24.7 Å². The van der Waals surface area contributed by atoms with Gasteiger partial charge in [0.1, 0.15) is 0 Å². The van der Waals surface area contributed by atoms with Crippen LogP contribution in [0.25, 0.3) is 0 Å². The van der Waals surface area contributed by atoms with E-state index in [0.717, 1.165) is 24.8 Å². The molecule has 142 valence electrons. The van der Waals surface area contributed by atoms with Crippen LogP contribution in [0.15, 0.2) is 12.7 Å². The Morgan fingerprint density at radius 1 is 0.958 bits per heavy atom. The van der Waals surface area contributed by atoms with Gasteiger partial charge in [-0.1, -0.05) is 73.3 Å². The third kappa shape index (κ3) is 20.7. The van der Waals surface area contributed by atoms with Gasteiger partial charge in [0.25, 0.3) is 0 Å². The number of rotatable bonds is 12. The van der Waals surface area contributed by atoms with Gasteiger partial charge >= 0.3 is 11.9 Å². The summed E-state index contributed by atoms with van der Waals surface area (Å²) in [4.78, 5) is 20.9. The van der Waals surface area contributed by atoms with Gasteiger partial charge in [0.2, 0.25) is 0 Å². The SMILES string of the molecule is C=CC(=O)O.CC(C)CCCCCCCOC(=O)C(C)CC(C)C. The average Bonchev–Trinajstić information content (AvgIpc) is 2.49. The number of aliphatic carboxylic acids is 1. The largest absolute Gasteiger partial charge is 0.478 e. The second-order valence-corrected chi connectivity index (χ2v) is 7.19. The summed E-state index contributed by atoms with van der Waals surface area (Å²) < 4.78 is 5.31. The molecule has 0 rings (SSSR count). The highest BCUT2D eigenvalue weighted by atomic mass is 16.5. The van der Waals surface area contributed by atoms with Crippen LogP contribution in [0.1, 0.15) is 79.6 Å². The Hall–Kier alpha value is -1.32. The van der Waals surface area contributed by atoms with Crippen molar-refractivity contribution in [2.75, 3.05) is 6.61 Å². The van der Waals surface area contributed by atoms with Crippen LogP contribution in [-0.4, -0.2) is 23.7 Å². The van der Waals surface area contributed by atoms with Crippen molar-refractivity contribution in [2.45, 2.75) is 79.6 Å². The van der Waals surface area contributed by atoms with Gasteiger partial charge in [-0.15, -0.1) is 0 Å². The van der Waals surface area contributed by atoms with Gasteiger partial charge in [0.05, 0.1) is 12.5 Å². The van der Waals surface area contributed by atoms with Crippen LogP contribution in [-0.2, 0) is 14.3 Å². The van der Waals surface area contributed by atoms with Crippen LogP contribution in [0, 0.1) is 17.8 Å². The number of ether oxygens (including phenoxy) is 1. The van der Waals surface area contributed by atoms with Gasteiger partial charge in [-0.3, -0.25) is 4.79 Å². The Bertz CT molecular complexity index is 335. The van der Waals surface area contributed by atoms with E-state index in [9.17, 15) is 9.59 Å². The first-order valence-corrected chi connectivity index (χ1v) is 9.22. The molecule has 1 N–H and O–H groups in total. The lowest BCUT2D eigenvalue weighted by Gasteiger charge is -2.13. The van der Waals surface area contributed by atoms with Gasteiger partial charge in [0, 0.05) is 6.08 Å². The molecule has 1 atom stereocenters. The monoisotopic (exact) mass is 342 g/mol. The van der Waals surface area contributed by atoms with Gasteiger partial charge in [-0.25, -0.2) is 4.79 Å². The highest BCUT2D eigenvalue weighted by Gasteiger charge is 2.15. The van der Waals surface area contributed by atoms with E-state index in [-0.39, 0.29) is 11.9 Å². The van der Waals surface area contributed by atoms with Crippen molar-refractivity contribution in [3.05, 3.63) is 12.7 Å². The van der Waals surface area contributed by atoms with E-state index in [1.165, 1.54) is 32.1 Å². The predicted molar refractivity (Wildman–Crippen MR) is 100.0 cm³/mol. The number of carboxylic acid groups (broad SMARTS) is 1. The Morgan fingerprint density at radius 3 is 1.92 bits per heavy atom. The molecular formula is C20H38O4. The lowest BCUT2D eigenvalue weighted by Crippen LogP contribution is -2.17. The van der Waals surface area contributed by atoms with Crippen LogP contribution in [0.2, 0.25) is 0 Å². The van der Waals surface area contributed by atoms with Crippen molar-refractivity contribution in [3.8, 4) is 0 Å². The molecule has 0 amide bonds. The minimum atomic E-state index is -0.981. The highest BCUT2D eigenvalue weighted by Crippen LogP contribution is 2.13. The fraction of sp³-hybridized carbons (Fsp3) is 0.800. The molecule has 0 radical (unpaired) electrons. The lowest BCUT2D eigenvalue weighted by molar-refractivity contribution is -0.148. The lowest BCUT2D eigenvalue weighted by atomic mass is 9.99. The predicted octanol–water partition coefficient (Wildman–Crippen LogP) is 5.47. The smallest absolute Gasteiger partial charge is 0.327 e. The van der Waals surface area contributed by atoms with Crippen LogP contribution < -0.4 is 0 Å². The molecule has 0 heterocycles. The molecule has 0 fully saturated rings. The van der Waals surface area contributed by atoms with Gasteiger partial charge in [0.15, 0.2) is 0 Å². The Balaban J connectivity index is 0. The average molecular weight is 343 g/mol. The van der Waals surface area contributed by atoms with Crippen LogP contribution in [0.3, 0.4) is 0 Å². The molecule has 0 aliphatic carbocycles. The Kier molecular flexibility index (Phi) is 17.2. The molecule has 0 aliphatic rings. The van der Waals surface area contributed by atoms with E-state index in [1.807, 2.05) is 6.92 Å². The first-order chi connectivity index (χ1) is 11.2. The second kappa shape index (κ2) is 16.5. The molecular weight excluding hydrogens is 304 g/mol. The fourth-order valence-corrected chi connectivity index (χ4v) is 2.30. The third-order valence-corrected chi connectivity index (χ3v) is 3.57. The number of unbranched alkanes of at least 4 members (excludes halogenated alkanes) is 4. The third-order valence-electron chi connectivity index (χ3n) is 3.57. The molecule has 1 unspecified atom stereocenters. The molecule has 0 aromatic heterocycles. The minimum Gasteiger partial charge on any atom is -0.478 e. The van der Waals surface area contributed by atoms with E-state index in [4.69, 9.17) is 9.84 Å². The topological polar surface area (TPSA) is 63.6 Å². The Labute approximate surface area is 148 Å². The summed E-state index contributed by atoms with van der Waals surface area (Å²) in [7, 11) is 0. The molecule has 24 heavy (non-hydrogen) atoms. The van der Waals surface area contributed by atoms with E-state index >= 15 is 0 Å². The molecule has 0 bridgehead atoms. The van der Waals surface area contributed by atoms with E-state index < -0.39 is 5.97 Å². The summed E-state index contributed by atoms with van der Waals surface area (Å²) in [6.07, 6.45) is 9.21. The van der Waals surface area contributed by atoms with E-state index in [0.29, 0.717) is 12.5 Å².